The van der Waals surface area contributed by atoms with Crippen LogP contribution in [0, 0.1) is 6.92 Å². The van der Waals surface area contributed by atoms with E-state index in [9.17, 15) is 4.79 Å². The van der Waals surface area contributed by atoms with Crippen LogP contribution in [0.15, 0.2) is 46.0 Å². The van der Waals surface area contributed by atoms with Crippen LogP contribution in [0.3, 0.4) is 0 Å². The molecule has 2 heterocycles. The quantitative estimate of drug-likeness (QED) is 0.208. The summed E-state index contributed by atoms with van der Waals surface area (Å²) >= 11 is 6.37. The molecule has 0 radical (unpaired) electrons. The number of furan rings is 1. The summed E-state index contributed by atoms with van der Waals surface area (Å²) < 4.78 is 5.20. The highest BCUT2D eigenvalue weighted by Crippen LogP contribution is 2.27. The molecule has 0 saturated carbocycles. The highest BCUT2D eigenvalue weighted by molar-refractivity contribution is 14.0. The molecule has 1 atom stereocenters. The minimum atomic E-state index is -0.179. The third-order valence-electron chi connectivity index (χ3n) is 5.18. The van der Waals surface area contributed by atoms with Crippen molar-refractivity contribution in [2.45, 2.75) is 32.2 Å². The van der Waals surface area contributed by atoms with Gasteiger partial charge >= 0.3 is 0 Å². The third-order valence-corrected chi connectivity index (χ3v) is 5.50. The van der Waals surface area contributed by atoms with Crippen LogP contribution in [0.1, 0.15) is 35.4 Å². The SMILES string of the molecule is CN=C(NCCCNC(=O)c1occc1C)NC1CCCN(c2ccccc2Cl)C1.I. The molecule has 3 N–H and O–H groups in total. The fraction of sp³-hybridized carbons (Fsp3) is 0.455. The molecule has 1 aliphatic heterocycles. The number of nitrogens with one attached hydrogen (secondary N) is 3. The summed E-state index contributed by atoms with van der Waals surface area (Å²) in [6, 6.07) is 10.0. The van der Waals surface area contributed by atoms with Crippen molar-refractivity contribution in [3.05, 3.63) is 52.9 Å². The molecule has 9 heteroatoms. The van der Waals surface area contributed by atoms with Crippen LogP contribution in [0.4, 0.5) is 5.69 Å². The topological polar surface area (TPSA) is 81.9 Å². The van der Waals surface area contributed by atoms with Gasteiger partial charge in [0.1, 0.15) is 0 Å². The lowest BCUT2D eigenvalue weighted by Gasteiger charge is -2.35. The number of guanidine groups is 1. The highest BCUT2D eigenvalue weighted by Gasteiger charge is 2.22. The smallest absolute Gasteiger partial charge is 0.287 e. The highest BCUT2D eigenvalue weighted by atomic mass is 127. The van der Waals surface area contributed by atoms with E-state index in [0.29, 0.717) is 24.9 Å². The summed E-state index contributed by atoms with van der Waals surface area (Å²) in [5, 5.41) is 10.5. The first-order valence-corrected chi connectivity index (χ1v) is 10.7. The van der Waals surface area contributed by atoms with Gasteiger partial charge in [0.05, 0.1) is 17.0 Å². The van der Waals surface area contributed by atoms with E-state index in [4.69, 9.17) is 16.0 Å². The molecule has 1 fully saturated rings. The van der Waals surface area contributed by atoms with Crippen LogP contribution in [0.5, 0.6) is 0 Å². The number of para-hydroxylation sites is 1. The minimum absolute atomic E-state index is 0. The Balaban J connectivity index is 0.00000341. The Kier molecular flexibility index (Phi) is 10.5. The lowest BCUT2D eigenvalue weighted by molar-refractivity contribution is 0.0925. The molecular formula is C22H31ClIN5O2. The Morgan fingerprint density at radius 2 is 2.03 bits per heavy atom. The Labute approximate surface area is 206 Å². The van der Waals surface area contributed by atoms with Gasteiger partial charge in [0.15, 0.2) is 11.7 Å². The standard InChI is InChI=1S/C22H30ClN5O2.HI/c1-16-10-14-30-20(16)21(29)25-11-6-12-26-22(24-2)27-17-7-5-13-28(15-17)19-9-4-3-8-18(19)23;/h3-4,8-10,14,17H,5-7,11-13,15H2,1-2H3,(H,25,29)(H2,24,26,27);1H. The average molecular weight is 560 g/mol. The van der Waals surface area contributed by atoms with Gasteiger partial charge in [-0.25, -0.2) is 0 Å². The van der Waals surface area contributed by atoms with Gasteiger partial charge in [0, 0.05) is 44.8 Å². The fourth-order valence-corrected chi connectivity index (χ4v) is 3.85. The summed E-state index contributed by atoms with van der Waals surface area (Å²) in [7, 11) is 1.77. The van der Waals surface area contributed by atoms with Crippen LogP contribution >= 0.6 is 35.6 Å². The first kappa shape index (κ1) is 25.3. The molecule has 31 heavy (non-hydrogen) atoms. The molecule has 3 rings (SSSR count). The van der Waals surface area contributed by atoms with E-state index in [1.807, 2.05) is 25.1 Å². The van der Waals surface area contributed by atoms with Crippen molar-refractivity contribution in [1.82, 2.24) is 16.0 Å². The van der Waals surface area contributed by atoms with Crippen molar-refractivity contribution in [1.29, 1.82) is 0 Å². The lowest BCUT2D eigenvalue weighted by atomic mass is 10.0. The van der Waals surface area contributed by atoms with E-state index in [2.05, 4.69) is 31.9 Å². The molecule has 1 aromatic carbocycles. The molecule has 170 valence electrons. The number of anilines is 1. The number of aliphatic imine (C=N–C) groups is 1. The molecular weight excluding hydrogens is 529 g/mol. The molecule has 0 spiro atoms. The number of nitrogens with zero attached hydrogens (tertiary/aromatic N) is 2. The number of benzene rings is 1. The van der Waals surface area contributed by atoms with Crippen LogP contribution in [-0.2, 0) is 0 Å². The Morgan fingerprint density at radius 1 is 1.26 bits per heavy atom. The number of hydrogen-bond acceptors (Lipinski definition) is 4. The first-order chi connectivity index (χ1) is 14.6. The van der Waals surface area contributed by atoms with Gasteiger partial charge in [-0.3, -0.25) is 9.79 Å². The molecule has 0 aliphatic carbocycles. The summed E-state index contributed by atoms with van der Waals surface area (Å²) in [5.74, 6) is 0.969. The monoisotopic (exact) mass is 559 g/mol. The molecule has 7 nitrogen and oxygen atoms in total. The first-order valence-electron chi connectivity index (χ1n) is 10.4. The molecule has 2 aromatic rings. The zero-order valence-electron chi connectivity index (χ0n) is 18.0. The van der Waals surface area contributed by atoms with Crippen LogP contribution < -0.4 is 20.9 Å². The number of rotatable bonds is 7. The maximum Gasteiger partial charge on any atom is 0.287 e. The predicted octanol–water partition coefficient (Wildman–Crippen LogP) is 3.81. The summed E-state index contributed by atoms with van der Waals surface area (Å²) in [6.45, 7) is 5.00. The van der Waals surface area contributed by atoms with Crippen molar-refractivity contribution in [2.75, 3.05) is 38.1 Å². The maximum atomic E-state index is 12.0. The van der Waals surface area contributed by atoms with Gasteiger partial charge in [-0.15, -0.1) is 24.0 Å². The third kappa shape index (κ3) is 7.31. The number of carbonyl (C=O) groups is 1. The zero-order valence-corrected chi connectivity index (χ0v) is 21.1. The van der Waals surface area contributed by atoms with Crippen molar-refractivity contribution >= 4 is 53.1 Å². The average Bonchev–Trinajstić information content (AvgIpc) is 3.19. The molecule has 1 unspecified atom stereocenters. The van der Waals surface area contributed by atoms with Gasteiger partial charge in [-0.05, 0) is 44.4 Å². The van der Waals surface area contributed by atoms with Gasteiger partial charge in [0.25, 0.3) is 5.91 Å². The van der Waals surface area contributed by atoms with E-state index in [-0.39, 0.29) is 29.9 Å². The second-order valence-corrected chi connectivity index (χ2v) is 7.83. The Hall–Kier alpha value is -1.94. The van der Waals surface area contributed by atoms with Crippen LogP contribution in [-0.4, -0.2) is 51.1 Å². The molecule has 1 amide bonds. The van der Waals surface area contributed by atoms with Gasteiger partial charge in [-0.2, -0.15) is 0 Å². The minimum Gasteiger partial charge on any atom is -0.459 e. The zero-order chi connectivity index (χ0) is 21.3. The normalized spacial score (nSPS) is 16.4. The molecule has 0 bridgehead atoms. The van der Waals surface area contributed by atoms with Crippen LogP contribution in [0.25, 0.3) is 0 Å². The Morgan fingerprint density at radius 3 is 2.74 bits per heavy atom. The van der Waals surface area contributed by atoms with E-state index in [1.54, 1.807) is 13.1 Å². The second-order valence-electron chi connectivity index (χ2n) is 7.42. The van der Waals surface area contributed by atoms with Gasteiger partial charge < -0.3 is 25.3 Å². The molecule has 1 aromatic heterocycles. The summed E-state index contributed by atoms with van der Waals surface area (Å²) in [5.41, 5.74) is 1.92. The number of halogens is 2. The van der Waals surface area contributed by atoms with E-state index < -0.39 is 0 Å². The molecule has 1 aliphatic rings. The van der Waals surface area contributed by atoms with Gasteiger partial charge in [0.2, 0.25) is 0 Å². The number of hydrogen-bond donors (Lipinski definition) is 3. The number of carbonyl (C=O) groups excluding carboxylic acids is 1. The van der Waals surface area contributed by atoms with Crippen molar-refractivity contribution in [3.8, 4) is 0 Å². The summed E-state index contributed by atoms with van der Waals surface area (Å²) in [6.07, 6.45) is 4.49. The largest absolute Gasteiger partial charge is 0.459 e. The molecule has 1 saturated heterocycles. The number of piperidine rings is 1. The number of amides is 1. The van der Waals surface area contributed by atoms with E-state index in [0.717, 1.165) is 54.6 Å². The van der Waals surface area contributed by atoms with E-state index >= 15 is 0 Å². The second kappa shape index (κ2) is 12.8. The Bertz CT molecular complexity index is 873. The summed E-state index contributed by atoms with van der Waals surface area (Å²) in [4.78, 5) is 18.7. The predicted molar refractivity (Wildman–Crippen MR) is 137 cm³/mol. The van der Waals surface area contributed by atoms with Crippen LogP contribution in [0.2, 0.25) is 5.02 Å². The maximum absolute atomic E-state index is 12.0. The van der Waals surface area contributed by atoms with Crippen molar-refractivity contribution in [3.63, 3.8) is 0 Å². The fourth-order valence-electron chi connectivity index (χ4n) is 3.59. The van der Waals surface area contributed by atoms with Crippen molar-refractivity contribution < 1.29 is 9.21 Å². The number of aryl methyl sites for hydroxylation is 1. The van der Waals surface area contributed by atoms with E-state index in [1.165, 1.54) is 6.26 Å². The lowest BCUT2D eigenvalue weighted by Crippen LogP contribution is -2.51. The van der Waals surface area contributed by atoms with Crippen molar-refractivity contribution in [2.24, 2.45) is 4.99 Å². The van der Waals surface area contributed by atoms with Gasteiger partial charge in [-0.1, -0.05) is 23.7 Å².